The lowest BCUT2D eigenvalue weighted by atomic mass is 10.1. The molecule has 2 aromatic carbocycles. The van der Waals surface area contributed by atoms with Crippen LogP contribution >= 0.6 is 0 Å². The van der Waals surface area contributed by atoms with E-state index in [1.54, 1.807) is 21.3 Å². The topological polar surface area (TPSA) is 64.1 Å². The molecule has 0 heterocycles. The van der Waals surface area contributed by atoms with Gasteiger partial charge in [-0.1, -0.05) is 36.4 Å². The number of hydrogen-bond donors (Lipinski definition) is 2. The fourth-order valence-corrected chi connectivity index (χ4v) is 3.05. The second-order valence-corrected chi connectivity index (χ2v) is 6.92. The first-order valence-electron chi connectivity index (χ1n) is 10.5. The second-order valence-electron chi connectivity index (χ2n) is 6.92. The van der Waals surface area contributed by atoms with E-state index in [9.17, 15) is 0 Å². The maximum absolute atomic E-state index is 5.73. The molecule has 0 unspecified atom stereocenters. The van der Waals surface area contributed by atoms with Gasteiger partial charge in [0.25, 0.3) is 0 Å². The molecule has 6 nitrogen and oxygen atoms in total. The minimum Gasteiger partial charge on any atom is -0.493 e. The van der Waals surface area contributed by atoms with Crippen molar-refractivity contribution >= 4 is 5.96 Å². The molecule has 0 radical (unpaired) electrons. The molecule has 164 valence electrons. The quantitative estimate of drug-likeness (QED) is 0.299. The summed E-state index contributed by atoms with van der Waals surface area (Å²) in [6, 6.07) is 16.4. The molecule has 0 aromatic heterocycles. The fraction of sp³-hybridized carbons (Fsp3) is 0.458. The van der Waals surface area contributed by atoms with Crippen molar-refractivity contribution in [3.05, 3.63) is 59.7 Å². The first-order valence-corrected chi connectivity index (χ1v) is 10.5. The molecule has 2 rings (SSSR count). The molecule has 0 saturated heterocycles. The van der Waals surface area contributed by atoms with E-state index in [4.69, 9.17) is 14.2 Å². The zero-order chi connectivity index (χ0) is 21.4. The lowest BCUT2D eigenvalue weighted by molar-refractivity contribution is 0.133. The largest absolute Gasteiger partial charge is 0.493 e. The van der Waals surface area contributed by atoms with Gasteiger partial charge in [0, 0.05) is 26.7 Å². The van der Waals surface area contributed by atoms with Gasteiger partial charge in [-0.3, -0.25) is 4.99 Å². The normalized spacial score (nSPS) is 11.2. The van der Waals surface area contributed by atoms with Gasteiger partial charge in [-0.2, -0.15) is 0 Å². The van der Waals surface area contributed by atoms with E-state index in [1.807, 2.05) is 18.2 Å². The van der Waals surface area contributed by atoms with E-state index in [0.717, 1.165) is 69.4 Å². The zero-order valence-corrected chi connectivity index (χ0v) is 18.4. The molecule has 0 atom stereocenters. The summed E-state index contributed by atoms with van der Waals surface area (Å²) in [6.45, 7) is 3.23. The number of aliphatic imine (C=N–C) groups is 1. The minimum absolute atomic E-state index is 0.746. The Bertz CT molecular complexity index is 751. The number of unbranched alkanes of at least 4 members (excludes halogenated alkanes) is 1. The van der Waals surface area contributed by atoms with E-state index in [2.05, 4.69) is 46.0 Å². The van der Waals surface area contributed by atoms with Gasteiger partial charge in [0.15, 0.2) is 17.5 Å². The van der Waals surface area contributed by atoms with Crippen molar-refractivity contribution in [3.63, 3.8) is 0 Å². The molecule has 0 bridgehead atoms. The average Bonchev–Trinajstić information content (AvgIpc) is 2.80. The summed E-state index contributed by atoms with van der Waals surface area (Å²) in [5.74, 6) is 2.32. The Balaban J connectivity index is 1.53. The zero-order valence-electron chi connectivity index (χ0n) is 18.4. The molecular weight excluding hydrogens is 378 g/mol. The number of nitrogens with one attached hydrogen (secondary N) is 2. The molecule has 0 aliphatic rings. The lowest BCUT2D eigenvalue weighted by Crippen LogP contribution is -2.38. The molecule has 0 spiro atoms. The van der Waals surface area contributed by atoms with E-state index in [0.29, 0.717) is 0 Å². The highest BCUT2D eigenvalue weighted by atomic mass is 16.5. The Morgan fingerprint density at radius 2 is 1.57 bits per heavy atom. The molecule has 0 amide bonds. The molecule has 2 N–H and O–H groups in total. The Morgan fingerprint density at radius 3 is 2.30 bits per heavy atom. The molecule has 0 fully saturated rings. The van der Waals surface area contributed by atoms with Crippen LogP contribution in [0.4, 0.5) is 0 Å². The van der Waals surface area contributed by atoms with Gasteiger partial charge in [0.2, 0.25) is 0 Å². The van der Waals surface area contributed by atoms with E-state index in [-0.39, 0.29) is 0 Å². The Hall–Kier alpha value is -2.73. The highest BCUT2D eigenvalue weighted by Crippen LogP contribution is 2.27. The van der Waals surface area contributed by atoms with E-state index < -0.39 is 0 Å². The number of guanidine groups is 1. The molecule has 0 saturated carbocycles. The number of nitrogens with zero attached hydrogens (tertiary/aromatic N) is 1. The first-order chi connectivity index (χ1) is 14.8. The average molecular weight is 414 g/mol. The fourth-order valence-electron chi connectivity index (χ4n) is 3.05. The summed E-state index contributed by atoms with van der Waals surface area (Å²) in [6.07, 6.45) is 3.91. The Labute approximate surface area is 180 Å². The van der Waals surface area contributed by atoms with Crippen molar-refractivity contribution in [3.8, 4) is 11.5 Å². The third-order valence-corrected chi connectivity index (χ3v) is 4.76. The van der Waals surface area contributed by atoms with Crippen LogP contribution in [-0.4, -0.2) is 53.5 Å². The summed E-state index contributed by atoms with van der Waals surface area (Å²) in [4.78, 5) is 4.28. The van der Waals surface area contributed by atoms with Crippen LogP contribution in [0.15, 0.2) is 53.5 Å². The SMILES string of the molecule is CN=C(NCCCCOCCc1ccccc1)NCCc1ccc(OC)c(OC)c1. The van der Waals surface area contributed by atoms with Gasteiger partial charge in [0.1, 0.15) is 0 Å². The van der Waals surface area contributed by atoms with Crippen molar-refractivity contribution in [2.75, 3.05) is 47.6 Å². The second kappa shape index (κ2) is 14.3. The van der Waals surface area contributed by atoms with Crippen LogP contribution in [0, 0.1) is 0 Å². The van der Waals surface area contributed by atoms with Crippen LogP contribution in [0.3, 0.4) is 0 Å². The standard InChI is InChI=1S/C24H35N3O3/c1-25-24(27-16-13-21-11-12-22(28-2)23(19-21)29-3)26-15-7-8-17-30-18-14-20-9-5-4-6-10-20/h4-6,9-12,19H,7-8,13-18H2,1-3H3,(H2,25,26,27). The minimum atomic E-state index is 0.746. The number of ether oxygens (including phenoxy) is 3. The van der Waals surface area contributed by atoms with Crippen molar-refractivity contribution in [1.29, 1.82) is 0 Å². The first kappa shape index (κ1) is 23.5. The summed E-state index contributed by atoms with van der Waals surface area (Å²) < 4.78 is 16.4. The van der Waals surface area contributed by atoms with Crippen LogP contribution < -0.4 is 20.1 Å². The summed E-state index contributed by atoms with van der Waals surface area (Å²) in [7, 11) is 5.09. The number of methoxy groups -OCH3 is 2. The highest BCUT2D eigenvalue weighted by Gasteiger charge is 2.05. The maximum atomic E-state index is 5.73. The van der Waals surface area contributed by atoms with Gasteiger partial charge in [-0.05, 0) is 48.9 Å². The van der Waals surface area contributed by atoms with Gasteiger partial charge >= 0.3 is 0 Å². The predicted octanol–water partition coefficient (Wildman–Crippen LogP) is 3.45. The van der Waals surface area contributed by atoms with Gasteiger partial charge in [0.05, 0.1) is 20.8 Å². The highest BCUT2D eigenvalue weighted by molar-refractivity contribution is 5.79. The third kappa shape index (κ3) is 8.74. The third-order valence-electron chi connectivity index (χ3n) is 4.76. The van der Waals surface area contributed by atoms with Gasteiger partial charge in [-0.15, -0.1) is 0 Å². The molecular formula is C24H35N3O3. The van der Waals surface area contributed by atoms with E-state index in [1.165, 1.54) is 11.1 Å². The van der Waals surface area contributed by atoms with Crippen molar-refractivity contribution < 1.29 is 14.2 Å². The van der Waals surface area contributed by atoms with E-state index >= 15 is 0 Å². The van der Waals surface area contributed by atoms with Crippen LogP contribution in [0.2, 0.25) is 0 Å². The maximum Gasteiger partial charge on any atom is 0.190 e. The van der Waals surface area contributed by atoms with Crippen LogP contribution in [0.25, 0.3) is 0 Å². The molecule has 0 aliphatic carbocycles. The Morgan fingerprint density at radius 1 is 0.800 bits per heavy atom. The van der Waals surface area contributed by atoms with Crippen molar-refractivity contribution in [2.24, 2.45) is 4.99 Å². The summed E-state index contributed by atoms with van der Waals surface area (Å²) in [5.41, 5.74) is 2.50. The van der Waals surface area contributed by atoms with Crippen LogP contribution in [-0.2, 0) is 17.6 Å². The smallest absolute Gasteiger partial charge is 0.190 e. The molecule has 6 heteroatoms. The van der Waals surface area contributed by atoms with Crippen molar-refractivity contribution in [1.82, 2.24) is 10.6 Å². The number of hydrogen-bond acceptors (Lipinski definition) is 4. The Kier molecular flexibility index (Phi) is 11.2. The molecule has 2 aromatic rings. The summed E-state index contributed by atoms with van der Waals surface area (Å²) in [5, 5.41) is 6.70. The number of rotatable bonds is 13. The van der Waals surface area contributed by atoms with Gasteiger partial charge in [-0.25, -0.2) is 0 Å². The predicted molar refractivity (Wildman–Crippen MR) is 123 cm³/mol. The lowest BCUT2D eigenvalue weighted by Gasteiger charge is -2.13. The summed E-state index contributed by atoms with van der Waals surface area (Å²) >= 11 is 0. The molecule has 0 aliphatic heterocycles. The van der Waals surface area contributed by atoms with Crippen molar-refractivity contribution in [2.45, 2.75) is 25.7 Å². The number of benzene rings is 2. The van der Waals surface area contributed by atoms with Gasteiger partial charge < -0.3 is 24.8 Å². The van der Waals surface area contributed by atoms with Crippen LogP contribution in [0.5, 0.6) is 11.5 Å². The molecule has 30 heavy (non-hydrogen) atoms. The monoisotopic (exact) mass is 413 g/mol. The van der Waals surface area contributed by atoms with Crippen LogP contribution in [0.1, 0.15) is 24.0 Å².